The van der Waals surface area contributed by atoms with Gasteiger partial charge in [0.05, 0.1) is 12.6 Å². The van der Waals surface area contributed by atoms with Gasteiger partial charge in [-0.1, -0.05) is 30.3 Å². The summed E-state index contributed by atoms with van der Waals surface area (Å²) in [6, 6.07) is 14.8. The Morgan fingerprint density at radius 3 is 2.59 bits per heavy atom. The first kappa shape index (κ1) is 17.5. The van der Waals surface area contributed by atoms with E-state index in [0.29, 0.717) is 6.54 Å². The topological polar surface area (TPSA) is 77.5 Å². The Morgan fingerprint density at radius 1 is 1.00 bits per heavy atom. The summed E-state index contributed by atoms with van der Waals surface area (Å²) in [5.41, 5.74) is 2.06. The second kappa shape index (κ2) is 7.12. The minimum Gasteiger partial charge on any atom is -0.345 e. The maximum atomic E-state index is 4.49. The van der Waals surface area contributed by atoms with Crippen LogP contribution in [0.2, 0.25) is 0 Å². The van der Waals surface area contributed by atoms with E-state index in [1.807, 2.05) is 42.9 Å². The Labute approximate surface area is 168 Å². The average molecular weight is 386 g/mol. The lowest BCUT2D eigenvalue weighted by Crippen LogP contribution is -2.39. The van der Waals surface area contributed by atoms with Crippen LogP contribution in [-0.2, 0) is 20.0 Å². The third-order valence-corrected chi connectivity index (χ3v) is 5.40. The van der Waals surface area contributed by atoms with Crippen LogP contribution in [0.1, 0.15) is 23.3 Å². The third-order valence-electron chi connectivity index (χ3n) is 5.40. The molecule has 5 rings (SSSR count). The molecule has 0 bridgehead atoms. The fourth-order valence-corrected chi connectivity index (χ4v) is 4.01. The molecule has 8 nitrogen and oxygen atoms in total. The highest BCUT2D eigenvalue weighted by Gasteiger charge is 2.29. The summed E-state index contributed by atoms with van der Waals surface area (Å²) in [5.74, 6) is 3.56. The molecule has 0 N–H and O–H groups in total. The summed E-state index contributed by atoms with van der Waals surface area (Å²) in [7, 11) is 1.95. The summed E-state index contributed by atoms with van der Waals surface area (Å²) >= 11 is 0. The molecule has 0 fully saturated rings. The first-order valence-electron chi connectivity index (χ1n) is 9.70. The molecule has 0 unspecified atom stereocenters. The maximum Gasteiger partial charge on any atom is 0.160 e. The lowest BCUT2D eigenvalue weighted by atomic mass is 10.0. The van der Waals surface area contributed by atoms with Gasteiger partial charge in [0.25, 0.3) is 0 Å². The highest BCUT2D eigenvalue weighted by atomic mass is 15.4. The number of benzene rings is 1. The monoisotopic (exact) mass is 386 g/mol. The van der Waals surface area contributed by atoms with Gasteiger partial charge in [-0.3, -0.25) is 0 Å². The standard InChI is InChI=1S/C21H22N8/c1-15-23-26-20-14-28(13-17(29(15)20)12-16-6-4-3-5-7-16)19-9-8-18(24-25-19)21-22-10-11-27(21)2/h3-11,17H,12-14H2,1-2H3/t17-/m1/s1. The summed E-state index contributed by atoms with van der Waals surface area (Å²) in [4.78, 5) is 6.57. The predicted octanol–water partition coefficient (Wildman–Crippen LogP) is 2.58. The molecule has 4 aromatic rings. The van der Waals surface area contributed by atoms with Crippen LogP contribution in [0.3, 0.4) is 0 Å². The van der Waals surface area contributed by atoms with Gasteiger partial charge < -0.3 is 14.0 Å². The third kappa shape index (κ3) is 3.26. The SMILES string of the molecule is Cc1nnc2n1[C@H](Cc1ccccc1)CN(c1ccc(-c3nccn3C)nn1)C2. The van der Waals surface area contributed by atoms with Crippen molar-refractivity contribution in [2.24, 2.45) is 7.05 Å². The Bertz CT molecular complexity index is 1110. The van der Waals surface area contributed by atoms with Crippen molar-refractivity contribution in [3.8, 4) is 11.5 Å². The smallest absolute Gasteiger partial charge is 0.160 e. The molecule has 1 atom stereocenters. The Morgan fingerprint density at radius 2 is 1.86 bits per heavy atom. The molecule has 1 aliphatic rings. The van der Waals surface area contributed by atoms with Gasteiger partial charge >= 0.3 is 0 Å². The first-order chi connectivity index (χ1) is 14.2. The zero-order valence-corrected chi connectivity index (χ0v) is 16.5. The van der Waals surface area contributed by atoms with Gasteiger partial charge in [0.15, 0.2) is 17.5 Å². The number of fused-ring (bicyclic) bond motifs is 1. The normalized spacial score (nSPS) is 16.1. The van der Waals surface area contributed by atoms with Crippen LogP contribution in [0.25, 0.3) is 11.5 Å². The highest BCUT2D eigenvalue weighted by molar-refractivity contribution is 5.52. The molecule has 0 spiro atoms. The summed E-state index contributed by atoms with van der Waals surface area (Å²) in [6.45, 7) is 3.52. The van der Waals surface area contributed by atoms with Crippen molar-refractivity contribution in [1.82, 2.24) is 34.5 Å². The minimum atomic E-state index is 0.243. The van der Waals surface area contributed by atoms with Gasteiger partial charge in [0, 0.05) is 26.0 Å². The van der Waals surface area contributed by atoms with Crippen LogP contribution in [-0.4, -0.2) is 41.1 Å². The Kier molecular flexibility index (Phi) is 4.31. The number of nitrogens with zero attached hydrogens (tertiary/aromatic N) is 8. The van der Waals surface area contributed by atoms with Crippen molar-refractivity contribution in [3.05, 3.63) is 72.1 Å². The van der Waals surface area contributed by atoms with E-state index in [4.69, 9.17) is 0 Å². The molecule has 29 heavy (non-hydrogen) atoms. The molecule has 0 saturated carbocycles. The quantitative estimate of drug-likeness (QED) is 0.536. The zero-order chi connectivity index (χ0) is 19.8. The van der Waals surface area contributed by atoms with Crippen LogP contribution in [0.15, 0.2) is 54.9 Å². The van der Waals surface area contributed by atoms with E-state index < -0.39 is 0 Å². The van der Waals surface area contributed by atoms with Gasteiger partial charge in [0.1, 0.15) is 11.5 Å². The number of rotatable bonds is 4. The van der Waals surface area contributed by atoms with E-state index >= 15 is 0 Å². The fourth-order valence-electron chi connectivity index (χ4n) is 4.01. The molecular formula is C21H22N8. The maximum absolute atomic E-state index is 4.49. The Balaban J connectivity index is 1.43. The van der Waals surface area contributed by atoms with Crippen molar-refractivity contribution in [2.45, 2.75) is 25.9 Å². The summed E-state index contributed by atoms with van der Waals surface area (Å²) < 4.78 is 4.20. The summed E-state index contributed by atoms with van der Waals surface area (Å²) in [5, 5.41) is 17.6. The van der Waals surface area contributed by atoms with E-state index in [0.717, 1.165) is 42.0 Å². The fraction of sp³-hybridized carbons (Fsp3) is 0.286. The van der Waals surface area contributed by atoms with Crippen LogP contribution < -0.4 is 4.90 Å². The molecule has 3 aromatic heterocycles. The van der Waals surface area contributed by atoms with E-state index in [1.54, 1.807) is 6.20 Å². The van der Waals surface area contributed by atoms with Crippen LogP contribution in [0.5, 0.6) is 0 Å². The predicted molar refractivity (Wildman–Crippen MR) is 109 cm³/mol. The van der Waals surface area contributed by atoms with Crippen molar-refractivity contribution in [3.63, 3.8) is 0 Å². The van der Waals surface area contributed by atoms with Crippen LogP contribution in [0, 0.1) is 6.92 Å². The lowest BCUT2D eigenvalue weighted by Gasteiger charge is -2.34. The molecule has 0 saturated heterocycles. The highest BCUT2D eigenvalue weighted by Crippen LogP contribution is 2.28. The number of imidazole rings is 1. The molecular weight excluding hydrogens is 364 g/mol. The van der Waals surface area contributed by atoms with Gasteiger partial charge in [-0.2, -0.15) is 0 Å². The number of anilines is 1. The second-order valence-corrected chi connectivity index (χ2v) is 7.40. The van der Waals surface area contributed by atoms with E-state index in [2.05, 4.69) is 59.1 Å². The van der Waals surface area contributed by atoms with E-state index in [9.17, 15) is 0 Å². The molecule has 1 aromatic carbocycles. The molecule has 0 amide bonds. The molecule has 1 aliphatic heterocycles. The first-order valence-corrected chi connectivity index (χ1v) is 9.70. The molecule has 8 heteroatoms. The molecule has 4 heterocycles. The molecule has 0 radical (unpaired) electrons. The van der Waals surface area contributed by atoms with E-state index in [-0.39, 0.29) is 6.04 Å². The van der Waals surface area contributed by atoms with Crippen molar-refractivity contribution in [2.75, 3.05) is 11.4 Å². The Hall–Kier alpha value is -3.55. The minimum absolute atomic E-state index is 0.243. The van der Waals surface area contributed by atoms with E-state index in [1.165, 1.54) is 5.56 Å². The van der Waals surface area contributed by atoms with Gasteiger partial charge in [-0.25, -0.2) is 4.98 Å². The van der Waals surface area contributed by atoms with Gasteiger partial charge in [0.2, 0.25) is 0 Å². The number of hydrogen-bond donors (Lipinski definition) is 0. The largest absolute Gasteiger partial charge is 0.345 e. The molecule has 146 valence electrons. The van der Waals surface area contributed by atoms with Crippen molar-refractivity contribution in [1.29, 1.82) is 0 Å². The second-order valence-electron chi connectivity index (χ2n) is 7.40. The van der Waals surface area contributed by atoms with Crippen LogP contribution in [0.4, 0.5) is 5.82 Å². The average Bonchev–Trinajstić information content (AvgIpc) is 3.34. The van der Waals surface area contributed by atoms with Crippen molar-refractivity contribution >= 4 is 5.82 Å². The van der Waals surface area contributed by atoms with Gasteiger partial charge in [-0.15, -0.1) is 20.4 Å². The van der Waals surface area contributed by atoms with Crippen LogP contribution >= 0.6 is 0 Å². The van der Waals surface area contributed by atoms with Gasteiger partial charge in [-0.05, 0) is 31.0 Å². The number of aryl methyl sites for hydroxylation is 2. The number of hydrogen-bond acceptors (Lipinski definition) is 6. The summed E-state index contributed by atoms with van der Waals surface area (Å²) in [6.07, 6.45) is 4.58. The lowest BCUT2D eigenvalue weighted by molar-refractivity contribution is 0.420. The zero-order valence-electron chi connectivity index (χ0n) is 16.5. The molecule has 0 aliphatic carbocycles. The number of aromatic nitrogens is 7. The van der Waals surface area contributed by atoms with Crippen molar-refractivity contribution < 1.29 is 0 Å².